The van der Waals surface area contributed by atoms with Crippen LogP contribution in [-0.4, -0.2) is 17.1 Å². The van der Waals surface area contributed by atoms with Crippen molar-refractivity contribution in [3.8, 4) is 0 Å². The van der Waals surface area contributed by atoms with Gasteiger partial charge in [-0.1, -0.05) is 18.2 Å². The zero-order chi connectivity index (χ0) is 13.4. The summed E-state index contributed by atoms with van der Waals surface area (Å²) in [4.78, 5) is 13.7. The quantitative estimate of drug-likeness (QED) is 0.901. The molecule has 4 heteroatoms. The fourth-order valence-electron chi connectivity index (χ4n) is 2.60. The number of nitrogens with zero attached hydrogens (tertiary/aromatic N) is 1. The van der Waals surface area contributed by atoms with Gasteiger partial charge in [0.2, 0.25) is 0 Å². The zero-order valence-electron chi connectivity index (χ0n) is 10.7. The summed E-state index contributed by atoms with van der Waals surface area (Å²) in [5.74, 6) is -0.853. The Labute approximate surface area is 116 Å². The lowest BCUT2D eigenvalue weighted by Crippen LogP contribution is -2.32. The smallest absolute Gasteiger partial charge is 0.345 e. The van der Waals surface area contributed by atoms with Gasteiger partial charge >= 0.3 is 5.97 Å². The molecule has 0 spiro atoms. The highest BCUT2D eigenvalue weighted by atomic mass is 32.1. The van der Waals surface area contributed by atoms with Crippen LogP contribution in [0, 0.1) is 0 Å². The second-order valence-electron chi connectivity index (χ2n) is 4.83. The summed E-state index contributed by atoms with van der Waals surface area (Å²) in [6, 6.07) is 12.4. The first-order chi connectivity index (χ1) is 9.16. The van der Waals surface area contributed by atoms with E-state index in [4.69, 9.17) is 5.11 Å². The van der Waals surface area contributed by atoms with Gasteiger partial charge in [0.1, 0.15) is 4.88 Å². The number of thiophene rings is 1. The molecular formula is C15H15NO2S. The standard InChI is InChI=1S/C15H15NO2S/c1-10-6-7-11-4-2-3-5-12(11)16(10)14-9-8-13(19-14)15(17)18/h2-5,8-10H,6-7H2,1H3,(H,17,18). The molecule has 1 aliphatic rings. The Hall–Kier alpha value is -1.81. The van der Waals surface area contributed by atoms with E-state index in [1.165, 1.54) is 22.6 Å². The first-order valence-corrected chi connectivity index (χ1v) is 7.19. The number of carboxylic acid groups (broad SMARTS) is 1. The van der Waals surface area contributed by atoms with E-state index in [1.807, 2.05) is 12.1 Å². The molecule has 0 radical (unpaired) electrons. The van der Waals surface area contributed by atoms with Crippen LogP contribution in [0.1, 0.15) is 28.6 Å². The lowest BCUT2D eigenvalue weighted by molar-refractivity contribution is 0.0702. The largest absolute Gasteiger partial charge is 0.477 e. The molecule has 1 unspecified atom stereocenters. The number of fused-ring (bicyclic) bond motifs is 1. The van der Waals surface area contributed by atoms with Crippen LogP contribution in [-0.2, 0) is 6.42 Å². The lowest BCUT2D eigenvalue weighted by Gasteiger charge is -2.36. The number of aromatic carboxylic acids is 1. The summed E-state index contributed by atoms with van der Waals surface area (Å²) in [6.07, 6.45) is 2.18. The first kappa shape index (κ1) is 12.2. The predicted molar refractivity (Wildman–Crippen MR) is 77.6 cm³/mol. The van der Waals surface area contributed by atoms with Crippen molar-refractivity contribution in [2.24, 2.45) is 0 Å². The van der Waals surface area contributed by atoms with E-state index >= 15 is 0 Å². The maximum Gasteiger partial charge on any atom is 0.345 e. The van der Waals surface area contributed by atoms with E-state index < -0.39 is 5.97 Å². The van der Waals surface area contributed by atoms with Gasteiger partial charge in [-0.2, -0.15) is 0 Å². The fourth-order valence-corrected chi connectivity index (χ4v) is 3.56. The number of anilines is 2. The van der Waals surface area contributed by atoms with Crippen LogP contribution in [0.5, 0.6) is 0 Å². The average molecular weight is 273 g/mol. The van der Waals surface area contributed by atoms with Gasteiger partial charge in [0.25, 0.3) is 0 Å². The number of hydrogen-bond acceptors (Lipinski definition) is 3. The molecule has 0 fully saturated rings. The summed E-state index contributed by atoms with van der Waals surface area (Å²) in [5, 5.41) is 10.1. The van der Waals surface area contributed by atoms with E-state index in [-0.39, 0.29) is 0 Å². The number of benzene rings is 1. The molecule has 0 saturated carbocycles. The number of hydrogen-bond donors (Lipinski definition) is 1. The SMILES string of the molecule is CC1CCc2ccccc2N1c1ccc(C(=O)O)s1. The minimum Gasteiger partial charge on any atom is -0.477 e. The summed E-state index contributed by atoms with van der Waals surface area (Å²) in [6.45, 7) is 2.19. The highest BCUT2D eigenvalue weighted by molar-refractivity contribution is 7.17. The van der Waals surface area contributed by atoms with Crippen molar-refractivity contribution in [1.82, 2.24) is 0 Å². The lowest BCUT2D eigenvalue weighted by atomic mass is 9.97. The predicted octanol–water partition coefficient (Wildman–Crippen LogP) is 3.92. The Kier molecular flexibility index (Phi) is 3.03. The molecule has 2 heterocycles. The maximum atomic E-state index is 11.0. The van der Waals surface area contributed by atoms with E-state index in [0.29, 0.717) is 10.9 Å². The summed E-state index contributed by atoms with van der Waals surface area (Å²) in [7, 11) is 0. The molecule has 0 saturated heterocycles. The van der Waals surface area contributed by atoms with Crippen molar-refractivity contribution in [3.05, 3.63) is 46.8 Å². The highest BCUT2D eigenvalue weighted by Crippen LogP contribution is 2.39. The van der Waals surface area contributed by atoms with Gasteiger partial charge in [0, 0.05) is 11.7 Å². The van der Waals surface area contributed by atoms with Crippen molar-refractivity contribution >= 4 is 28.0 Å². The van der Waals surface area contributed by atoms with Crippen LogP contribution in [0.15, 0.2) is 36.4 Å². The van der Waals surface area contributed by atoms with E-state index in [2.05, 4.69) is 30.0 Å². The Morgan fingerprint density at radius 2 is 2.11 bits per heavy atom. The van der Waals surface area contributed by atoms with Crippen molar-refractivity contribution in [2.75, 3.05) is 4.90 Å². The highest BCUT2D eigenvalue weighted by Gasteiger charge is 2.25. The Bertz CT molecular complexity index is 620. The van der Waals surface area contributed by atoms with Crippen LogP contribution in [0.4, 0.5) is 10.7 Å². The van der Waals surface area contributed by atoms with Crippen LogP contribution in [0.3, 0.4) is 0 Å². The van der Waals surface area contributed by atoms with Gasteiger partial charge < -0.3 is 10.0 Å². The molecule has 1 aromatic carbocycles. The monoisotopic (exact) mass is 273 g/mol. The molecular weight excluding hydrogens is 258 g/mol. The van der Waals surface area contributed by atoms with Crippen molar-refractivity contribution in [2.45, 2.75) is 25.8 Å². The molecule has 0 aliphatic carbocycles. The van der Waals surface area contributed by atoms with Gasteiger partial charge in [-0.25, -0.2) is 4.79 Å². The fraction of sp³-hybridized carbons (Fsp3) is 0.267. The van der Waals surface area contributed by atoms with E-state index in [9.17, 15) is 4.79 Å². The molecule has 0 amide bonds. The van der Waals surface area contributed by atoms with Crippen LogP contribution in [0.2, 0.25) is 0 Å². The van der Waals surface area contributed by atoms with Gasteiger partial charge in [-0.3, -0.25) is 0 Å². The van der Waals surface area contributed by atoms with E-state index in [0.717, 1.165) is 17.8 Å². The Balaban J connectivity index is 2.05. The third kappa shape index (κ3) is 2.12. The molecule has 1 atom stereocenters. The van der Waals surface area contributed by atoms with Gasteiger partial charge in [-0.05, 0) is 43.5 Å². The molecule has 3 rings (SSSR count). The van der Waals surface area contributed by atoms with Crippen molar-refractivity contribution in [1.29, 1.82) is 0 Å². The molecule has 1 N–H and O–H groups in total. The number of para-hydroxylation sites is 1. The topological polar surface area (TPSA) is 40.5 Å². The molecule has 98 valence electrons. The normalized spacial score (nSPS) is 18.2. The van der Waals surface area contributed by atoms with Crippen molar-refractivity contribution < 1.29 is 9.90 Å². The summed E-state index contributed by atoms with van der Waals surface area (Å²) >= 11 is 1.34. The van der Waals surface area contributed by atoms with Crippen LogP contribution in [0.25, 0.3) is 0 Å². The summed E-state index contributed by atoms with van der Waals surface area (Å²) < 4.78 is 0. The minimum absolute atomic E-state index is 0.394. The first-order valence-electron chi connectivity index (χ1n) is 6.37. The minimum atomic E-state index is -0.853. The average Bonchev–Trinajstić information content (AvgIpc) is 2.88. The van der Waals surface area contributed by atoms with Crippen molar-refractivity contribution in [3.63, 3.8) is 0 Å². The number of carboxylic acids is 1. The van der Waals surface area contributed by atoms with E-state index in [1.54, 1.807) is 6.07 Å². The maximum absolute atomic E-state index is 11.0. The molecule has 3 nitrogen and oxygen atoms in total. The molecule has 19 heavy (non-hydrogen) atoms. The number of carbonyl (C=O) groups is 1. The van der Waals surface area contributed by atoms with Gasteiger partial charge in [0.05, 0.1) is 5.00 Å². The Morgan fingerprint density at radius 3 is 2.84 bits per heavy atom. The zero-order valence-corrected chi connectivity index (χ0v) is 11.5. The summed E-state index contributed by atoms with van der Waals surface area (Å²) in [5.41, 5.74) is 2.55. The molecule has 1 aliphatic heterocycles. The number of rotatable bonds is 2. The molecule has 0 bridgehead atoms. The second kappa shape index (κ2) is 4.70. The van der Waals surface area contributed by atoms with Crippen LogP contribution < -0.4 is 4.90 Å². The third-order valence-electron chi connectivity index (χ3n) is 3.56. The third-order valence-corrected chi connectivity index (χ3v) is 4.64. The molecule has 2 aromatic rings. The molecule has 1 aromatic heterocycles. The Morgan fingerprint density at radius 1 is 1.32 bits per heavy atom. The number of aryl methyl sites for hydroxylation is 1. The van der Waals surface area contributed by atoms with Gasteiger partial charge in [-0.15, -0.1) is 11.3 Å². The van der Waals surface area contributed by atoms with Crippen LogP contribution >= 0.6 is 11.3 Å². The van der Waals surface area contributed by atoms with Gasteiger partial charge in [0.15, 0.2) is 0 Å². The second-order valence-corrected chi connectivity index (χ2v) is 5.89.